The van der Waals surface area contributed by atoms with Crippen molar-refractivity contribution in [1.82, 2.24) is 0 Å². The third kappa shape index (κ3) is 2.67. The van der Waals surface area contributed by atoms with Crippen LogP contribution in [0.25, 0.3) is 0 Å². The van der Waals surface area contributed by atoms with Crippen LogP contribution in [0.5, 0.6) is 0 Å². The first-order valence-corrected chi connectivity index (χ1v) is 6.29. The van der Waals surface area contributed by atoms with Gasteiger partial charge in [0.2, 0.25) is 0 Å². The van der Waals surface area contributed by atoms with Crippen LogP contribution in [-0.2, 0) is 0 Å². The van der Waals surface area contributed by atoms with Gasteiger partial charge in [0.1, 0.15) is 0 Å². The van der Waals surface area contributed by atoms with Gasteiger partial charge in [-0.15, -0.1) is 0 Å². The van der Waals surface area contributed by atoms with E-state index in [-0.39, 0.29) is 11.3 Å². The number of hydrogen-bond acceptors (Lipinski definition) is 4. The Morgan fingerprint density at radius 1 is 1.58 bits per heavy atom. The highest BCUT2D eigenvalue weighted by Gasteiger charge is 2.26. The van der Waals surface area contributed by atoms with Crippen molar-refractivity contribution < 1.29 is 14.8 Å². The Hall–Kier alpha value is -2.11. The lowest BCUT2D eigenvalue weighted by atomic mass is 10.1. The molecule has 0 aliphatic carbocycles. The molecule has 0 saturated carbocycles. The fourth-order valence-electron chi connectivity index (χ4n) is 2.46. The zero-order chi connectivity index (χ0) is 14.0. The van der Waals surface area contributed by atoms with Crippen LogP contribution < -0.4 is 4.90 Å². The zero-order valence-electron chi connectivity index (χ0n) is 10.7. The number of nitro groups is 1. The molecule has 0 bridgehead atoms. The smallest absolute Gasteiger partial charge is 0.337 e. The predicted octanol–water partition coefficient (Wildman–Crippen LogP) is 2.53. The van der Waals surface area contributed by atoms with Crippen LogP contribution >= 0.6 is 0 Å². The molecular weight excluding hydrogens is 248 g/mol. The third-order valence-electron chi connectivity index (χ3n) is 3.63. The van der Waals surface area contributed by atoms with Crippen LogP contribution in [0, 0.1) is 16.0 Å². The van der Waals surface area contributed by atoms with E-state index < -0.39 is 10.9 Å². The van der Waals surface area contributed by atoms with Crippen LogP contribution in [0.15, 0.2) is 18.2 Å². The monoisotopic (exact) mass is 264 g/mol. The van der Waals surface area contributed by atoms with Gasteiger partial charge in [-0.3, -0.25) is 10.1 Å². The molecule has 1 heterocycles. The fourth-order valence-corrected chi connectivity index (χ4v) is 2.46. The Morgan fingerprint density at radius 2 is 2.32 bits per heavy atom. The Bertz CT molecular complexity index is 515. The highest BCUT2D eigenvalue weighted by Crippen LogP contribution is 2.31. The van der Waals surface area contributed by atoms with E-state index in [0.29, 0.717) is 11.6 Å². The number of nitro benzene ring substituents is 1. The van der Waals surface area contributed by atoms with Crippen molar-refractivity contribution in [3.63, 3.8) is 0 Å². The molecule has 0 radical (unpaired) electrons. The summed E-state index contributed by atoms with van der Waals surface area (Å²) in [5.41, 5.74) is 0.514. The molecule has 0 spiro atoms. The molecule has 1 aromatic rings. The summed E-state index contributed by atoms with van der Waals surface area (Å²) < 4.78 is 0. The largest absolute Gasteiger partial charge is 0.478 e. The van der Waals surface area contributed by atoms with E-state index in [0.717, 1.165) is 25.9 Å². The lowest BCUT2D eigenvalue weighted by molar-refractivity contribution is -0.384. The SMILES string of the molecule is CCC1CCN(c2cc([N+](=O)[O-])ccc2C(=O)O)C1. The van der Waals surface area contributed by atoms with E-state index in [9.17, 15) is 20.0 Å². The molecule has 1 aliphatic rings. The van der Waals surface area contributed by atoms with Crippen LogP contribution in [0.2, 0.25) is 0 Å². The minimum absolute atomic E-state index is 0.0695. The lowest BCUT2D eigenvalue weighted by Gasteiger charge is -2.20. The molecule has 6 heteroatoms. The average Bonchev–Trinajstić information content (AvgIpc) is 2.86. The number of aromatic carboxylic acids is 1. The van der Waals surface area contributed by atoms with E-state index in [1.807, 2.05) is 4.90 Å². The second-order valence-corrected chi connectivity index (χ2v) is 4.77. The number of hydrogen-bond donors (Lipinski definition) is 1. The van der Waals surface area contributed by atoms with E-state index in [1.165, 1.54) is 18.2 Å². The Balaban J connectivity index is 2.38. The maximum absolute atomic E-state index is 11.2. The molecule has 1 saturated heterocycles. The van der Waals surface area contributed by atoms with Gasteiger partial charge in [-0.1, -0.05) is 13.3 Å². The molecule has 102 valence electrons. The number of carbonyl (C=O) groups is 1. The lowest BCUT2D eigenvalue weighted by Crippen LogP contribution is -2.22. The summed E-state index contributed by atoms with van der Waals surface area (Å²) in [7, 11) is 0. The van der Waals surface area contributed by atoms with Crippen molar-refractivity contribution in [3.8, 4) is 0 Å². The molecule has 1 aromatic carbocycles. The van der Waals surface area contributed by atoms with Gasteiger partial charge in [-0.05, 0) is 18.4 Å². The molecule has 1 unspecified atom stereocenters. The van der Waals surface area contributed by atoms with Crippen molar-refractivity contribution in [1.29, 1.82) is 0 Å². The highest BCUT2D eigenvalue weighted by molar-refractivity contribution is 5.95. The number of benzene rings is 1. The first-order chi connectivity index (χ1) is 9.02. The van der Waals surface area contributed by atoms with Crippen molar-refractivity contribution in [2.24, 2.45) is 5.92 Å². The predicted molar refractivity (Wildman–Crippen MR) is 70.7 cm³/mol. The first-order valence-electron chi connectivity index (χ1n) is 6.29. The Morgan fingerprint density at radius 3 is 2.84 bits per heavy atom. The summed E-state index contributed by atoms with van der Waals surface area (Å²) in [6.07, 6.45) is 2.03. The second kappa shape index (κ2) is 5.26. The topological polar surface area (TPSA) is 83.7 Å². The molecule has 19 heavy (non-hydrogen) atoms. The summed E-state index contributed by atoms with van der Waals surface area (Å²) in [6, 6.07) is 3.91. The molecule has 2 rings (SSSR count). The van der Waals surface area contributed by atoms with Crippen molar-refractivity contribution in [2.45, 2.75) is 19.8 Å². The minimum atomic E-state index is -1.05. The first kappa shape index (κ1) is 13.3. The highest BCUT2D eigenvalue weighted by atomic mass is 16.6. The van der Waals surface area contributed by atoms with Crippen LogP contribution in [0.4, 0.5) is 11.4 Å². The summed E-state index contributed by atoms with van der Waals surface area (Å²) >= 11 is 0. The van der Waals surface area contributed by atoms with E-state index >= 15 is 0 Å². The number of carboxylic acids is 1. The molecule has 0 amide bonds. The standard InChI is InChI=1S/C13H16N2O4/c1-2-9-5-6-14(8-9)12-7-10(15(18)19)3-4-11(12)13(16)17/h3-4,7,9H,2,5-6,8H2,1H3,(H,16,17). The normalized spacial score (nSPS) is 18.6. The summed E-state index contributed by atoms with van der Waals surface area (Å²) in [5, 5.41) is 20.0. The maximum atomic E-state index is 11.2. The van der Waals surface area contributed by atoms with Gasteiger partial charge in [0.25, 0.3) is 5.69 Å². The average molecular weight is 264 g/mol. The van der Waals surface area contributed by atoms with Crippen molar-refractivity contribution in [3.05, 3.63) is 33.9 Å². The number of carboxylic acid groups (broad SMARTS) is 1. The molecular formula is C13H16N2O4. The molecule has 1 aliphatic heterocycles. The Labute approximate surface area is 110 Å². The van der Waals surface area contributed by atoms with Gasteiger partial charge >= 0.3 is 5.97 Å². The van der Waals surface area contributed by atoms with Gasteiger partial charge in [0, 0.05) is 25.2 Å². The second-order valence-electron chi connectivity index (χ2n) is 4.77. The fraction of sp³-hybridized carbons (Fsp3) is 0.462. The molecule has 1 N–H and O–H groups in total. The number of rotatable bonds is 4. The Kier molecular flexibility index (Phi) is 3.69. The van der Waals surface area contributed by atoms with E-state index in [4.69, 9.17) is 0 Å². The van der Waals surface area contributed by atoms with Gasteiger partial charge in [0.05, 0.1) is 16.2 Å². The summed E-state index contributed by atoms with van der Waals surface area (Å²) in [6.45, 7) is 3.61. The summed E-state index contributed by atoms with van der Waals surface area (Å²) in [4.78, 5) is 23.5. The van der Waals surface area contributed by atoms with Gasteiger partial charge < -0.3 is 10.0 Å². The van der Waals surface area contributed by atoms with Gasteiger partial charge in [-0.25, -0.2) is 4.79 Å². The van der Waals surface area contributed by atoms with Crippen LogP contribution in [0.1, 0.15) is 30.1 Å². The quantitative estimate of drug-likeness (QED) is 0.667. The van der Waals surface area contributed by atoms with Crippen molar-refractivity contribution >= 4 is 17.3 Å². The molecule has 1 fully saturated rings. The van der Waals surface area contributed by atoms with Crippen molar-refractivity contribution in [2.75, 3.05) is 18.0 Å². The van der Waals surface area contributed by atoms with E-state index in [1.54, 1.807) is 0 Å². The van der Waals surface area contributed by atoms with Gasteiger partial charge in [-0.2, -0.15) is 0 Å². The van der Waals surface area contributed by atoms with Gasteiger partial charge in [0.15, 0.2) is 0 Å². The van der Waals surface area contributed by atoms with Crippen LogP contribution in [0.3, 0.4) is 0 Å². The molecule has 0 aromatic heterocycles. The van der Waals surface area contributed by atoms with Crippen LogP contribution in [-0.4, -0.2) is 29.1 Å². The minimum Gasteiger partial charge on any atom is -0.478 e. The zero-order valence-corrected chi connectivity index (χ0v) is 10.7. The molecule has 6 nitrogen and oxygen atoms in total. The number of anilines is 1. The number of non-ortho nitro benzene ring substituents is 1. The maximum Gasteiger partial charge on any atom is 0.337 e. The van der Waals surface area contributed by atoms with E-state index in [2.05, 4.69) is 6.92 Å². The summed E-state index contributed by atoms with van der Waals surface area (Å²) in [5.74, 6) is -0.522. The molecule has 1 atom stereocenters. The number of nitrogens with zero attached hydrogens (tertiary/aromatic N) is 2. The third-order valence-corrected chi connectivity index (χ3v) is 3.63.